The topological polar surface area (TPSA) is 120 Å². The Kier molecular flexibility index (Phi) is 5.82. The molecular weight excluding hydrogens is 352 g/mol. The first-order chi connectivity index (χ1) is 12.7. The van der Waals surface area contributed by atoms with Crippen LogP contribution >= 0.6 is 0 Å². The highest BCUT2D eigenvalue weighted by Gasteiger charge is 2.29. The number of ether oxygens (including phenoxy) is 3. The van der Waals surface area contributed by atoms with Crippen molar-refractivity contribution in [3.8, 4) is 17.2 Å². The minimum Gasteiger partial charge on any atom is -0.492 e. The summed E-state index contributed by atoms with van der Waals surface area (Å²) in [5.41, 5.74) is 5.08. The van der Waals surface area contributed by atoms with Gasteiger partial charge in [0, 0.05) is 12.1 Å². The molecule has 1 aromatic carbocycles. The van der Waals surface area contributed by atoms with Gasteiger partial charge < -0.3 is 24.8 Å². The zero-order chi connectivity index (χ0) is 20.5. The van der Waals surface area contributed by atoms with Crippen LogP contribution in [0.1, 0.15) is 38.1 Å². The van der Waals surface area contributed by atoms with Crippen molar-refractivity contribution >= 4 is 22.8 Å². The molecule has 0 atom stereocenters. The molecule has 0 unspecified atom stereocenters. The van der Waals surface area contributed by atoms with Gasteiger partial charge in [-0.1, -0.05) is 0 Å². The lowest BCUT2D eigenvalue weighted by Crippen LogP contribution is -2.39. The Bertz CT molecular complexity index is 912. The number of nitrogens with two attached hydrogens (primary N) is 1. The van der Waals surface area contributed by atoms with Crippen molar-refractivity contribution in [3.63, 3.8) is 0 Å². The zero-order valence-electron chi connectivity index (χ0n) is 16.7. The molecule has 0 aliphatic rings. The van der Waals surface area contributed by atoms with Crippen LogP contribution in [0.3, 0.4) is 0 Å². The number of hydrogen-bond donors (Lipinski definition) is 2. The second-order valence-electron chi connectivity index (χ2n) is 6.55. The molecule has 2 aromatic rings. The fourth-order valence-electron chi connectivity index (χ4n) is 3.31. The van der Waals surface area contributed by atoms with Gasteiger partial charge in [0.05, 0.1) is 26.7 Å². The Balaban J connectivity index is 3.06. The van der Waals surface area contributed by atoms with Gasteiger partial charge in [0.25, 0.3) is 11.5 Å². The number of aromatic nitrogens is 2. The van der Waals surface area contributed by atoms with Crippen LogP contribution in [0.15, 0.2) is 4.79 Å². The van der Waals surface area contributed by atoms with E-state index in [9.17, 15) is 9.59 Å². The molecule has 0 aliphatic heterocycles. The lowest BCUT2D eigenvalue weighted by molar-refractivity contribution is 0.0998. The molecule has 0 saturated heterocycles. The molecule has 2 rings (SSSR count). The van der Waals surface area contributed by atoms with E-state index < -0.39 is 11.5 Å². The predicted octanol–water partition coefficient (Wildman–Crippen LogP) is 1.67. The molecule has 9 nitrogen and oxygen atoms in total. The third kappa shape index (κ3) is 3.36. The van der Waals surface area contributed by atoms with Crippen LogP contribution in [0.25, 0.3) is 10.9 Å². The smallest absolute Gasteiger partial charge is 0.261 e. The molecule has 0 bridgehead atoms. The highest BCUT2D eigenvalue weighted by Crippen LogP contribution is 2.45. The summed E-state index contributed by atoms with van der Waals surface area (Å²) in [5.74, 6) is -0.111. The number of carbonyl (C=O) groups excluding carboxylic acids is 1. The van der Waals surface area contributed by atoms with Gasteiger partial charge >= 0.3 is 0 Å². The van der Waals surface area contributed by atoms with Crippen molar-refractivity contribution in [2.45, 2.75) is 39.8 Å². The standard InChI is InChI=1S/C18H26N4O5/c1-8(2)22(9(3)4)18-20-12-10(17(24)21-18)11(16(19)23)13(25-5)15(27-7)14(12)26-6/h8-9H,1-7H3,(H2,19,23)(H,20,21,24). The number of fused-ring (bicyclic) bond motifs is 1. The van der Waals surface area contributed by atoms with E-state index in [0.717, 1.165) is 0 Å². The second kappa shape index (κ2) is 7.73. The lowest BCUT2D eigenvalue weighted by atomic mass is 10.1. The number of nitrogens with zero attached hydrogens (tertiary/aromatic N) is 2. The minimum atomic E-state index is -0.831. The molecule has 1 heterocycles. The van der Waals surface area contributed by atoms with Gasteiger partial charge in [-0.25, -0.2) is 4.98 Å². The van der Waals surface area contributed by atoms with Crippen LogP contribution in [-0.4, -0.2) is 49.3 Å². The van der Waals surface area contributed by atoms with Crippen molar-refractivity contribution in [3.05, 3.63) is 15.9 Å². The first kappa shape index (κ1) is 20.3. The van der Waals surface area contributed by atoms with Crippen molar-refractivity contribution in [2.75, 3.05) is 26.2 Å². The summed E-state index contributed by atoms with van der Waals surface area (Å²) in [6.45, 7) is 7.96. The van der Waals surface area contributed by atoms with Gasteiger partial charge in [-0.15, -0.1) is 0 Å². The number of H-pyrrole nitrogens is 1. The third-order valence-corrected chi connectivity index (χ3v) is 4.23. The average molecular weight is 378 g/mol. The maximum absolute atomic E-state index is 12.9. The van der Waals surface area contributed by atoms with Gasteiger partial charge in [0.15, 0.2) is 11.5 Å². The van der Waals surface area contributed by atoms with Crippen LogP contribution in [0, 0.1) is 0 Å². The molecule has 0 radical (unpaired) electrons. The van der Waals surface area contributed by atoms with Gasteiger partial charge in [-0.05, 0) is 27.7 Å². The number of benzene rings is 1. The van der Waals surface area contributed by atoms with E-state index >= 15 is 0 Å². The monoisotopic (exact) mass is 378 g/mol. The number of anilines is 1. The highest BCUT2D eigenvalue weighted by molar-refractivity contribution is 6.11. The number of aromatic amines is 1. The van der Waals surface area contributed by atoms with Crippen molar-refractivity contribution in [1.29, 1.82) is 0 Å². The summed E-state index contributed by atoms with van der Waals surface area (Å²) in [6.07, 6.45) is 0. The van der Waals surface area contributed by atoms with Crippen LogP contribution < -0.4 is 30.4 Å². The van der Waals surface area contributed by atoms with E-state index in [4.69, 9.17) is 19.9 Å². The van der Waals surface area contributed by atoms with E-state index in [2.05, 4.69) is 9.97 Å². The number of primary amides is 1. The normalized spacial score (nSPS) is 11.1. The molecule has 148 valence electrons. The molecule has 0 aliphatic carbocycles. The molecule has 1 aromatic heterocycles. The third-order valence-electron chi connectivity index (χ3n) is 4.23. The minimum absolute atomic E-state index is 0.00628. The number of rotatable bonds is 7. The first-order valence-corrected chi connectivity index (χ1v) is 8.53. The van der Waals surface area contributed by atoms with Crippen molar-refractivity contribution in [2.24, 2.45) is 5.73 Å². The summed E-state index contributed by atoms with van der Waals surface area (Å²) in [5, 5.41) is -0.00628. The van der Waals surface area contributed by atoms with Gasteiger partial charge in [-0.3, -0.25) is 14.6 Å². The van der Waals surface area contributed by atoms with Gasteiger partial charge in [-0.2, -0.15) is 0 Å². The molecule has 0 fully saturated rings. The maximum Gasteiger partial charge on any atom is 0.261 e. The van der Waals surface area contributed by atoms with E-state index in [1.807, 2.05) is 32.6 Å². The number of hydrogen-bond acceptors (Lipinski definition) is 7. The Morgan fingerprint density at radius 1 is 1.00 bits per heavy atom. The number of amides is 1. The Morgan fingerprint density at radius 3 is 1.93 bits per heavy atom. The fourth-order valence-corrected chi connectivity index (χ4v) is 3.31. The van der Waals surface area contributed by atoms with Crippen LogP contribution in [0.4, 0.5) is 5.95 Å². The number of nitrogens with one attached hydrogen (secondary N) is 1. The van der Waals surface area contributed by atoms with Gasteiger partial charge in [0.2, 0.25) is 11.7 Å². The second-order valence-corrected chi connectivity index (χ2v) is 6.55. The summed E-state index contributed by atoms with van der Waals surface area (Å²) in [4.78, 5) is 34.3. The Labute approximate surface area is 157 Å². The molecule has 0 spiro atoms. The SMILES string of the molecule is COc1c(OC)c(C(N)=O)c2c(=O)[nH]c(N(C(C)C)C(C)C)nc2c1OC. The zero-order valence-corrected chi connectivity index (χ0v) is 16.7. The Hall–Kier alpha value is -2.97. The molecule has 1 amide bonds. The number of methoxy groups -OCH3 is 3. The predicted molar refractivity (Wildman–Crippen MR) is 103 cm³/mol. The van der Waals surface area contributed by atoms with Crippen molar-refractivity contribution in [1.82, 2.24) is 9.97 Å². The molecule has 3 N–H and O–H groups in total. The molecule has 0 saturated carbocycles. The lowest BCUT2D eigenvalue weighted by Gasteiger charge is -2.31. The van der Waals surface area contributed by atoms with Crippen molar-refractivity contribution < 1.29 is 19.0 Å². The van der Waals surface area contributed by atoms with E-state index in [1.54, 1.807) is 0 Å². The molecule has 9 heteroatoms. The summed E-state index contributed by atoms with van der Waals surface area (Å²) < 4.78 is 16.1. The van der Waals surface area contributed by atoms with Gasteiger partial charge in [0.1, 0.15) is 11.1 Å². The largest absolute Gasteiger partial charge is 0.492 e. The van der Waals surface area contributed by atoms with Crippen LogP contribution in [-0.2, 0) is 0 Å². The fraction of sp³-hybridized carbons (Fsp3) is 0.500. The van der Waals surface area contributed by atoms with Crippen LogP contribution in [0.5, 0.6) is 17.2 Å². The highest BCUT2D eigenvalue weighted by atomic mass is 16.5. The molecular formula is C18H26N4O5. The van der Waals surface area contributed by atoms with Crippen LogP contribution in [0.2, 0.25) is 0 Å². The van der Waals surface area contributed by atoms with E-state index in [-0.39, 0.29) is 45.8 Å². The van der Waals surface area contributed by atoms with E-state index in [0.29, 0.717) is 5.95 Å². The first-order valence-electron chi connectivity index (χ1n) is 8.53. The summed E-state index contributed by atoms with van der Waals surface area (Å²) in [6, 6.07) is 0.152. The average Bonchev–Trinajstić information content (AvgIpc) is 2.58. The number of carbonyl (C=O) groups is 1. The Morgan fingerprint density at radius 2 is 1.52 bits per heavy atom. The molecule has 27 heavy (non-hydrogen) atoms. The maximum atomic E-state index is 12.9. The van der Waals surface area contributed by atoms with E-state index in [1.165, 1.54) is 21.3 Å². The quantitative estimate of drug-likeness (QED) is 0.752. The summed E-state index contributed by atoms with van der Waals surface area (Å²) >= 11 is 0. The summed E-state index contributed by atoms with van der Waals surface area (Å²) in [7, 11) is 4.18.